The fourth-order valence-corrected chi connectivity index (χ4v) is 4.75. The van der Waals surface area contributed by atoms with E-state index in [0.717, 1.165) is 11.1 Å². The molecule has 7 heteroatoms. The molecule has 2 heterocycles. The molecule has 0 aliphatic carbocycles. The van der Waals surface area contributed by atoms with Crippen LogP contribution in [0.4, 0.5) is 5.69 Å². The van der Waals surface area contributed by atoms with Crippen molar-refractivity contribution in [2.45, 2.75) is 25.6 Å². The van der Waals surface area contributed by atoms with E-state index in [1.165, 1.54) is 16.7 Å². The standard InChI is InChI=1S/C22H20N2O4S/c1-4-28-20(26)17-12-29-22(23-17)16-11-14(3)7-10-18(16)24(21(22)27)19(25)15-8-5-13(2)6-9-15/h5-11H,4,12H2,1-3H3/t22-/m0/s1. The summed E-state index contributed by atoms with van der Waals surface area (Å²) in [5, 5.41) is 0. The van der Waals surface area contributed by atoms with Crippen molar-refractivity contribution >= 4 is 40.9 Å². The molecule has 1 atom stereocenters. The van der Waals surface area contributed by atoms with E-state index in [-0.39, 0.29) is 18.1 Å². The Bertz CT molecular complexity index is 1060. The molecular formula is C22H20N2O4S. The Morgan fingerprint density at radius 2 is 1.83 bits per heavy atom. The second-order valence-corrected chi connectivity index (χ2v) is 8.21. The second kappa shape index (κ2) is 7.15. The van der Waals surface area contributed by atoms with Gasteiger partial charge in [0, 0.05) is 16.9 Å². The van der Waals surface area contributed by atoms with Crippen LogP contribution in [-0.2, 0) is 19.2 Å². The molecule has 0 aromatic heterocycles. The highest BCUT2D eigenvalue weighted by Gasteiger charge is 2.56. The van der Waals surface area contributed by atoms with Crippen LogP contribution >= 0.6 is 11.8 Å². The molecule has 2 aromatic carbocycles. The molecule has 0 bridgehead atoms. The van der Waals surface area contributed by atoms with Gasteiger partial charge in [0.15, 0.2) is 0 Å². The fourth-order valence-electron chi connectivity index (χ4n) is 3.51. The smallest absolute Gasteiger partial charge is 0.353 e. The highest BCUT2D eigenvalue weighted by Crippen LogP contribution is 2.53. The van der Waals surface area contributed by atoms with Crippen molar-refractivity contribution in [2.75, 3.05) is 17.3 Å². The van der Waals surface area contributed by atoms with E-state index in [0.29, 0.717) is 16.8 Å². The number of amides is 2. The third kappa shape index (κ3) is 3.06. The number of aryl methyl sites for hydroxylation is 2. The average Bonchev–Trinajstić information content (AvgIpc) is 3.25. The number of rotatable bonds is 3. The Morgan fingerprint density at radius 3 is 2.52 bits per heavy atom. The van der Waals surface area contributed by atoms with Crippen molar-refractivity contribution in [2.24, 2.45) is 4.99 Å². The van der Waals surface area contributed by atoms with Crippen LogP contribution in [0.5, 0.6) is 0 Å². The molecule has 2 aliphatic rings. The lowest BCUT2D eigenvalue weighted by atomic mass is 10.1. The first-order valence-electron chi connectivity index (χ1n) is 9.34. The van der Waals surface area contributed by atoms with Gasteiger partial charge in [0.1, 0.15) is 5.71 Å². The number of nitrogens with zero attached hydrogens (tertiary/aromatic N) is 2. The molecule has 0 saturated heterocycles. The molecule has 4 rings (SSSR count). The predicted octanol–water partition coefficient (Wildman–Crippen LogP) is 3.39. The van der Waals surface area contributed by atoms with Crippen molar-refractivity contribution in [3.05, 3.63) is 64.7 Å². The topological polar surface area (TPSA) is 76.0 Å². The molecule has 2 aliphatic heterocycles. The van der Waals surface area contributed by atoms with Gasteiger partial charge in [-0.2, -0.15) is 0 Å². The van der Waals surface area contributed by atoms with Gasteiger partial charge in [0.2, 0.25) is 4.87 Å². The molecular weight excluding hydrogens is 388 g/mol. The molecule has 0 unspecified atom stereocenters. The molecule has 0 fully saturated rings. The van der Waals surface area contributed by atoms with Gasteiger partial charge < -0.3 is 4.74 Å². The number of hydrogen-bond acceptors (Lipinski definition) is 6. The fraction of sp³-hybridized carbons (Fsp3) is 0.273. The summed E-state index contributed by atoms with van der Waals surface area (Å²) in [6, 6.07) is 12.6. The number of imide groups is 1. The van der Waals surface area contributed by atoms with Crippen LogP contribution < -0.4 is 4.90 Å². The lowest BCUT2D eigenvalue weighted by molar-refractivity contribution is -0.135. The molecule has 0 N–H and O–H groups in total. The van der Waals surface area contributed by atoms with E-state index in [2.05, 4.69) is 4.99 Å². The lowest BCUT2D eigenvalue weighted by Crippen LogP contribution is -2.40. The maximum absolute atomic E-state index is 13.5. The molecule has 2 amide bonds. The van der Waals surface area contributed by atoms with E-state index in [1.807, 2.05) is 38.1 Å². The summed E-state index contributed by atoms with van der Waals surface area (Å²) in [7, 11) is 0. The summed E-state index contributed by atoms with van der Waals surface area (Å²) in [5.74, 6) is -1.13. The minimum absolute atomic E-state index is 0.210. The quantitative estimate of drug-likeness (QED) is 0.575. The van der Waals surface area contributed by atoms with Crippen LogP contribution in [0.15, 0.2) is 47.5 Å². The summed E-state index contributed by atoms with van der Waals surface area (Å²) >= 11 is 1.24. The molecule has 0 radical (unpaired) electrons. The van der Waals surface area contributed by atoms with Crippen molar-refractivity contribution in [3.63, 3.8) is 0 Å². The van der Waals surface area contributed by atoms with Crippen molar-refractivity contribution in [1.82, 2.24) is 0 Å². The highest BCUT2D eigenvalue weighted by atomic mass is 32.2. The molecule has 6 nitrogen and oxygen atoms in total. The van der Waals surface area contributed by atoms with E-state index in [9.17, 15) is 14.4 Å². The van der Waals surface area contributed by atoms with Crippen LogP contribution in [0.3, 0.4) is 0 Å². The van der Waals surface area contributed by atoms with Gasteiger partial charge in [-0.15, -0.1) is 11.8 Å². The molecule has 148 valence electrons. The monoisotopic (exact) mass is 408 g/mol. The Labute approximate surface area is 173 Å². The molecule has 2 aromatic rings. The molecule has 1 spiro atoms. The zero-order valence-electron chi connectivity index (χ0n) is 16.4. The summed E-state index contributed by atoms with van der Waals surface area (Å²) in [6.07, 6.45) is 0. The average molecular weight is 408 g/mol. The maximum atomic E-state index is 13.5. The first-order valence-corrected chi connectivity index (χ1v) is 10.3. The number of ether oxygens (including phenoxy) is 1. The predicted molar refractivity (Wildman–Crippen MR) is 112 cm³/mol. The van der Waals surface area contributed by atoms with Crippen LogP contribution in [0, 0.1) is 13.8 Å². The van der Waals surface area contributed by atoms with Gasteiger partial charge in [0.05, 0.1) is 12.3 Å². The Kier molecular flexibility index (Phi) is 4.78. The van der Waals surface area contributed by atoms with Gasteiger partial charge in [-0.05, 0) is 39.0 Å². The van der Waals surface area contributed by atoms with Gasteiger partial charge in [-0.25, -0.2) is 14.7 Å². The summed E-state index contributed by atoms with van der Waals surface area (Å²) in [5.41, 5.74) is 3.74. The number of carbonyl (C=O) groups is 3. The minimum atomic E-state index is -1.33. The van der Waals surface area contributed by atoms with E-state index in [4.69, 9.17) is 4.74 Å². The van der Waals surface area contributed by atoms with Crippen LogP contribution in [-0.4, -0.2) is 35.9 Å². The second-order valence-electron chi connectivity index (χ2n) is 7.04. The van der Waals surface area contributed by atoms with Crippen molar-refractivity contribution in [3.8, 4) is 0 Å². The zero-order chi connectivity index (χ0) is 20.8. The number of carbonyl (C=O) groups excluding carboxylic acids is 3. The number of anilines is 1. The van der Waals surface area contributed by atoms with E-state index in [1.54, 1.807) is 25.1 Å². The van der Waals surface area contributed by atoms with Crippen molar-refractivity contribution < 1.29 is 19.1 Å². The third-order valence-electron chi connectivity index (χ3n) is 4.97. The number of fused-ring (bicyclic) bond motifs is 2. The van der Waals surface area contributed by atoms with Crippen molar-refractivity contribution in [1.29, 1.82) is 0 Å². The van der Waals surface area contributed by atoms with Crippen LogP contribution in [0.1, 0.15) is 34.0 Å². The van der Waals surface area contributed by atoms with Gasteiger partial charge in [-0.1, -0.05) is 35.4 Å². The summed E-state index contributed by atoms with van der Waals surface area (Å²) in [6.45, 7) is 5.80. The third-order valence-corrected chi connectivity index (χ3v) is 6.30. The van der Waals surface area contributed by atoms with Crippen LogP contribution in [0.2, 0.25) is 0 Å². The molecule has 29 heavy (non-hydrogen) atoms. The largest absolute Gasteiger partial charge is 0.461 e. The first-order chi connectivity index (χ1) is 13.9. The lowest BCUT2D eigenvalue weighted by Gasteiger charge is -2.19. The van der Waals surface area contributed by atoms with E-state index < -0.39 is 22.7 Å². The Balaban J connectivity index is 1.81. The highest BCUT2D eigenvalue weighted by molar-refractivity contribution is 8.02. The number of thioether (sulfide) groups is 1. The van der Waals surface area contributed by atoms with Crippen LogP contribution in [0.25, 0.3) is 0 Å². The Hall–Kier alpha value is -2.93. The number of benzene rings is 2. The van der Waals surface area contributed by atoms with Gasteiger partial charge in [-0.3, -0.25) is 9.59 Å². The minimum Gasteiger partial charge on any atom is -0.461 e. The number of hydrogen-bond donors (Lipinski definition) is 0. The maximum Gasteiger partial charge on any atom is 0.353 e. The zero-order valence-corrected chi connectivity index (χ0v) is 17.2. The van der Waals surface area contributed by atoms with Gasteiger partial charge >= 0.3 is 5.97 Å². The van der Waals surface area contributed by atoms with Gasteiger partial charge in [0.25, 0.3) is 11.8 Å². The number of aliphatic imine (C=N–C) groups is 1. The van der Waals surface area contributed by atoms with E-state index >= 15 is 0 Å². The number of esters is 1. The first kappa shape index (κ1) is 19.4. The summed E-state index contributed by atoms with van der Waals surface area (Å²) < 4.78 is 5.06. The summed E-state index contributed by atoms with van der Waals surface area (Å²) in [4.78, 5) is 43.3. The Morgan fingerprint density at radius 1 is 1.14 bits per heavy atom. The normalized spacial score (nSPS) is 20.0. The SMILES string of the molecule is CCOC(=O)C1=N[C@@]2(SC1)C(=O)N(C(=O)c1ccc(C)cc1)c1ccc(C)cc12. The molecule has 0 saturated carbocycles.